The van der Waals surface area contributed by atoms with Crippen LogP contribution in [-0.4, -0.2) is 0 Å². The van der Waals surface area contributed by atoms with E-state index in [0.717, 1.165) is 0 Å². The van der Waals surface area contributed by atoms with Crippen LogP contribution in [0, 0.1) is 6.58 Å². The van der Waals surface area contributed by atoms with Crippen LogP contribution in [0.5, 0.6) is 0 Å². The highest BCUT2D eigenvalue weighted by molar-refractivity contribution is 5.01. The Labute approximate surface area is 44.5 Å². The van der Waals surface area contributed by atoms with Crippen molar-refractivity contribution in [2.24, 2.45) is 0 Å². The first kappa shape index (κ1) is 4.67. The van der Waals surface area contributed by atoms with Gasteiger partial charge >= 0.3 is 0 Å². The van der Waals surface area contributed by atoms with Gasteiger partial charge in [-0.05, 0) is 37.8 Å². The first-order chi connectivity index (χ1) is 3.43. The molecule has 1 radical (unpaired) electrons. The second-order valence-corrected chi connectivity index (χ2v) is 1.95. The molecule has 1 saturated carbocycles. The molecule has 0 bridgehead atoms. The number of rotatable bonds is 0. The van der Waals surface area contributed by atoms with Crippen molar-refractivity contribution in [3.05, 3.63) is 17.9 Å². The number of hydrogen-bond acceptors (Lipinski definition) is 0. The summed E-state index contributed by atoms with van der Waals surface area (Å²) >= 11 is 0. The molecular formula is C7H9. The average molecular weight is 93.1 g/mol. The summed E-state index contributed by atoms with van der Waals surface area (Å²) in [6.45, 7) is 5.15. The second-order valence-electron chi connectivity index (χ2n) is 1.95. The number of allylic oxidation sites excluding steroid dienone is 1. The van der Waals surface area contributed by atoms with Gasteiger partial charge in [0, 0.05) is 0 Å². The molecule has 0 spiro atoms. The summed E-state index contributed by atoms with van der Waals surface area (Å²) in [6, 6.07) is 0. The first-order valence-corrected chi connectivity index (χ1v) is 2.75. The van der Waals surface area contributed by atoms with E-state index in [-0.39, 0.29) is 0 Å². The Kier molecular flexibility index (Phi) is 1.33. The van der Waals surface area contributed by atoms with E-state index in [0.29, 0.717) is 0 Å². The Balaban J connectivity index is 2.57. The Bertz CT molecular complexity index is 97.2. The maximum absolute atomic E-state index is 5.15. The van der Waals surface area contributed by atoms with Crippen molar-refractivity contribution < 1.29 is 0 Å². The van der Waals surface area contributed by atoms with Gasteiger partial charge in [-0.15, -0.1) is 5.73 Å². The Hall–Kier alpha value is -0.480. The highest BCUT2D eigenvalue weighted by Crippen LogP contribution is 2.21. The third kappa shape index (κ3) is 0.942. The molecule has 0 aromatic rings. The molecule has 0 heterocycles. The summed E-state index contributed by atoms with van der Waals surface area (Å²) in [4.78, 5) is 0. The monoisotopic (exact) mass is 93.1 g/mol. The SMILES string of the molecule is [CH]=C=C1CCCC1. The molecule has 0 unspecified atom stereocenters. The lowest BCUT2D eigenvalue weighted by Gasteiger charge is -1.80. The minimum atomic E-state index is 1.19. The molecule has 0 heteroatoms. The topological polar surface area (TPSA) is 0 Å². The molecule has 0 nitrogen and oxygen atoms in total. The van der Waals surface area contributed by atoms with Gasteiger partial charge in [-0.25, -0.2) is 0 Å². The fourth-order valence-corrected chi connectivity index (χ4v) is 0.946. The minimum absolute atomic E-state index is 1.19. The molecule has 0 amide bonds. The first-order valence-electron chi connectivity index (χ1n) is 2.75. The van der Waals surface area contributed by atoms with Crippen molar-refractivity contribution in [2.45, 2.75) is 25.7 Å². The van der Waals surface area contributed by atoms with Crippen LogP contribution in [0.2, 0.25) is 0 Å². The zero-order chi connectivity index (χ0) is 5.11. The van der Waals surface area contributed by atoms with Gasteiger partial charge in [-0.1, -0.05) is 0 Å². The van der Waals surface area contributed by atoms with E-state index in [1.165, 1.54) is 31.3 Å². The summed E-state index contributed by atoms with van der Waals surface area (Å²) in [5.74, 6) is 0. The normalized spacial score (nSPS) is 19.7. The lowest BCUT2D eigenvalue weighted by Crippen LogP contribution is -1.61. The lowest BCUT2D eigenvalue weighted by molar-refractivity contribution is 0.886. The van der Waals surface area contributed by atoms with Crippen molar-refractivity contribution >= 4 is 0 Å². The summed E-state index contributed by atoms with van der Waals surface area (Å²) in [7, 11) is 0. The second kappa shape index (κ2) is 1.99. The van der Waals surface area contributed by atoms with Crippen molar-refractivity contribution in [2.75, 3.05) is 0 Å². The van der Waals surface area contributed by atoms with E-state index in [1.54, 1.807) is 0 Å². The summed E-state index contributed by atoms with van der Waals surface area (Å²) in [6.07, 6.45) is 5.02. The van der Waals surface area contributed by atoms with Gasteiger partial charge in [-0.3, -0.25) is 0 Å². The zero-order valence-electron chi connectivity index (χ0n) is 4.41. The van der Waals surface area contributed by atoms with Crippen molar-refractivity contribution in [3.8, 4) is 0 Å². The quantitative estimate of drug-likeness (QED) is 0.402. The van der Waals surface area contributed by atoms with Crippen molar-refractivity contribution in [1.82, 2.24) is 0 Å². The van der Waals surface area contributed by atoms with Crippen LogP contribution in [0.25, 0.3) is 0 Å². The highest BCUT2D eigenvalue weighted by Gasteiger charge is 2.03. The van der Waals surface area contributed by atoms with E-state index in [2.05, 4.69) is 5.73 Å². The molecule has 1 rings (SSSR count). The van der Waals surface area contributed by atoms with Crippen LogP contribution in [0.4, 0.5) is 0 Å². The molecular weight excluding hydrogens is 84.1 g/mol. The van der Waals surface area contributed by atoms with Crippen molar-refractivity contribution in [3.63, 3.8) is 0 Å². The van der Waals surface area contributed by atoms with Crippen LogP contribution < -0.4 is 0 Å². The number of hydrogen-bond donors (Lipinski definition) is 0. The van der Waals surface area contributed by atoms with Gasteiger partial charge in [0.1, 0.15) is 0 Å². The van der Waals surface area contributed by atoms with E-state index < -0.39 is 0 Å². The third-order valence-electron chi connectivity index (χ3n) is 1.41. The molecule has 0 N–H and O–H groups in total. The van der Waals surface area contributed by atoms with Crippen LogP contribution in [0.15, 0.2) is 11.3 Å². The zero-order valence-corrected chi connectivity index (χ0v) is 4.41. The molecule has 7 heavy (non-hydrogen) atoms. The highest BCUT2D eigenvalue weighted by atomic mass is 14.1. The van der Waals surface area contributed by atoms with E-state index in [9.17, 15) is 0 Å². The predicted octanol–water partition coefficient (Wildman–Crippen LogP) is 2.07. The van der Waals surface area contributed by atoms with Crippen LogP contribution in [0.3, 0.4) is 0 Å². The minimum Gasteiger partial charge on any atom is -0.121 e. The largest absolute Gasteiger partial charge is 0.121 e. The van der Waals surface area contributed by atoms with Gasteiger partial charge in [0.25, 0.3) is 0 Å². The van der Waals surface area contributed by atoms with Gasteiger partial charge < -0.3 is 0 Å². The molecule has 1 fully saturated rings. The molecule has 0 saturated heterocycles. The molecule has 0 aromatic carbocycles. The van der Waals surface area contributed by atoms with Crippen LogP contribution in [0.1, 0.15) is 25.7 Å². The van der Waals surface area contributed by atoms with Gasteiger partial charge in [-0.2, -0.15) is 0 Å². The maximum Gasteiger partial charge on any atom is -0.0123 e. The molecule has 0 aromatic heterocycles. The molecule has 1 aliphatic carbocycles. The predicted molar refractivity (Wildman–Crippen MR) is 29.8 cm³/mol. The Morgan fingerprint density at radius 2 is 1.86 bits per heavy atom. The van der Waals surface area contributed by atoms with E-state index in [1.807, 2.05) is 0 Å². The van der Waals surface area contributed by atoms with Gasteiger partial charge in [0.15, 0.2) is 0 Å². The molecule has 0 aliphatic heterocycles. The molecule has 1 aliphatic rings. The van der Waals surface area contributed by atoms with E-state index >= 15 is 0 Å². The van der Waals surface area contributed by atoms with Gasteiger partial charge in [0.05, 0.1) is 0 Å². The standard InChI is InChI=1S/C7H9/c1-2-7-5-3-4-6-7/h1H,3-6H2. The summed E-state index contributed by atoms with van der Waals surface area (Å²) in [5.41, 5.74) is 4.00. The average Bonchev–Trinajstić information content (AvgIpc) is 2.14. The lowest BCUT2D eigenvalue weighted by atomic mass is 10.2. The van der Waals surface area contributed by atoms with E-state index in [4.69, 9.17) is 6.58 Å². The fraction of sp³-hybridized carbons (Fsp3) is 0.571. The maximum atomic E-state index is 5.15. The molecule has 37 valence electrons. The summed E-state index contributed by atoms with van der Waals surface area (Å²) < 4.78 is 0. The van der Waals surface area contributed by atoms with Crippen LogP contribution in [-0.2, 0) is 0 Å². The molecule has 0 atom stereocenters. The van der Waals surface area contributed by atoms with Gasteiger partial charge in [0.2, 0.25) is 0 Å². The fourth-order valence-electron chi connectivity index (χ4n) is 0.946. The van der Waals surface area contributed by atoms with Crippen molar-refractivity contribution in [1.29, 1.82) is 0 Å². The smallest absolute Gasteiger partial charge is 0.0123 e. The third-order valence-corrected chi connectivity index (χ3v) is 1.41. The Morgan fingerprint density at radius 3 is 2.14 bits per heavy atom. The Morgan fingerprint density at radius 1 is 1.29 bits per heavy atom. The van der Waals surface area contributed by atoms with Crippen LogP contribution >= 0.6 is 0 Å². The summed E-state index contributed by atoms with van der Waals surface area (Å²) in [5, 5.41) is 0.